The van der Waals surface area contributed by atoms with Gasteiger partial charge in [-0.3, -0.25) is 14.4 Å². The Bertz CT molecular complexity index is 1630. The highest BCUT2D eigenvalue weighted by Gasteiger charge is 2.19. The van der Waals surface area contributed by atoms with Gasteiger partial charge in [0.15, 0.2) is 6.10 Å². The minimum Gasteiger partial charge on any atom is -0.462 e. The Morgan fingerprint density at radius 2 is 0.493 bits per heavy atom. The van der Waals surface area contributed by atoms with E-state index in [1.165, 1.54) is 51.4 Å². The fraction of sp³-hybridized carbons (Fsp3) is 0.597. The molecular formula is C67H106O6. The van der Waals surface area contributed by atoms with E-state index in [1.807, 2.05) is 0 Å². The zero-order valence-electron chi connectivity index (χ0n) is 46.8. The molecule has 0 spiro atoms. The highest BCUT2D eigenvalue weighted by Crippen LogP contribution is 2.14. The summed E-state index contributed by atoms with van der Waals surface area (Å²) in [5, 5.41) is 0. The lowest BCUT2D eigenvalue weighted by Gasteiger charge is -2.18. The van der Waals surface area contributed by atoms with E-state index in [0.717, 1.165) is 141 Å². The summed E-state index contributed by atoms with van der Waals surface area (Å²) < 4.78 is 16.8. The van der Waals surface area contributed by atoms with E-state index in [0.29, 0.717) is 19.3 Å². The van der Waals surface area contributed by atoms with Crippen LogP contribution in [0.25, 0.3) is 0 Å². The summed E-state index contributed by atoms with van der Waals surface area (Å²) in [6, 6.07) is 0. The molecule has 0 radical (unpaired) electrons. The highest BCUT2D eigenvalue weighted by atomic mass is 16.6. The SMILES string of the molecule is CC/C=C\C/C=C\C/C=C\C/C=C\C/C=C\CCCCCC(=O)OC(COC(=O)CCCCC/C=C\C/C=C\C/C=C\CC)COC(=O)CCCCCCCCCCCC/C=C\C/C=C\C/C=C\C/C=C\CC. The minimum absolute atomic E-state index is 0.109. The first-order valence-electron chi connectivity index (χ1n) is 29.3. The zero-order valence-corrected chi connectivity index (χ0v) is 46.8. The maximum atomic E-state index is 12.9. The third-order valence-corrected chi connectivity index (χ3v) is 11.8. The molecule has 6 nitrogen and oxygen atoms in total. The van der Waals surface area contributed by atoms with Crippen LogP contribution in [0.1, 0.15) is 239 Å². The van der Waals surface area contributed by atoms with Crippen LogP contribution in [0.2, 0.25) is 0 Å². The Morgan fingerprint density at radius 1 is 0.274 bits per heavy atom. The fourth-order valence-electron chi connectivity index (χ4n) is 7.53. The lowest BCUT2D eigenvalue weighted by atomic mass is 10.1. The van der Waals surface area contributed by atoms with Crippen molar-refractivity contribution in [2.45, 2.75) is 245 Å². The molecule has 1 unspecified atom stereocenters. The Balaban J connectivity index is 4.45. The molecule has 0 aliphatic rings. The summed E-state index contributed by atoms with van der Waals surface area (Å²) in [6.45, 7) is 6.23. The summed E-state index contributed by atoms with van der Waals surface area (Å²) in [5.41, 5.74) is 0. The Morgan fingerprint density at radius 3 is 0.781 bits per heavy atom. The van der Waals surface area contributed by atoms with Gasteiger partial charge in [-0.05, 0) is 135 Å². The molecule has 0 saturated carbocycles. The van der Waals surface area contributed by atoms with Crippen LogP contribution >= 0.6 is 0 Å². The maximum absolute atomic E-state index is 12.9. The molecule has 0 N–H and O–H groups in total. The Hall–Kier alpha value is -4.71. The van der Waals surface area contributed by atoms with E-state index in [9.17, 15) is 14.4 Å². The smallest absolute Gasteiger partial charge is 0.306 e. The van der Waals surface area contributed by atoms with Gasteiger partial charge in [-0.1, -0.05) is 231 Å². The van der Waals surface area contributed by atoms with Crippen molar-refractivity contribution in [3.8, 4) is 0 Å². The van der Waals surface area contributed by atoms with Gasteiger partial charge in [0.1, 0.15) is 13.2 Å². The fourth-order valence-corrected chi connectivity index (χ4v) is 7.53. The zero-order chi connectivity index (χ0) is 52.9. The molecule has 0 aromatic carbocycles. The van der Waals surface area contributed by atoms with Crippen molar-refractivity contribution in [3.63, 3.8) is 0 Å². The molecule has 0 aliphatic carbocycles. The molecule has 0 aliphatic heterocycles. The quantitative estimate of drug-likeness (QED) is 0.0261. The second-order valence-corrected chi connectivity index (χ2v) is 18.8. The molecule has 0 rings (SSSR count). The molecule has 0 aromatic rings. The van der Waals surface area contributed by atoms with Crippen molar-refractivity contribution in [1.29, 1.82) is 0 Å². The molecule has 73 heavy (non-hydrogen) atoms. The number of rotatable bonds is 51. The first-order valence-corrected chi connectivity index (χ1v) is 29.3. The lowest BCUT2D eigenvalue weighted by molar-refractivity contribution is -0.167. The van der Waals surface area contributed by atoms with E-state index in [1.54, 1.807) is 0 Å². The number of hydrogen-bond donors (Lipinski definition) is 0. The average molecular weight is 1010 g/mol. The molecule has 0 saturated heterocycles. The molecule has 0 amide bonds. The van der Waals surface area contributed by atoms with E-state index < -0.39 is 6.10 Å². The molecular weight excluding hydrogens is 901 g/mol. The van der Waals surface area contributed by atoms with Gasteiger partial charge in [-0.15, -0.1) is 0 Å². The molecule has 6 heteroatoms. The van der Waals surface area contributed by atoms with Crippen LogP contribution in [0, 0.1) is 0 Å². The molecule has 0 heterocycles. The normalized spacial score (nSPS) is 13.2. The van der Waals surface area contributed by atoms with Gasteiger partial charge in [0, 0.05) is 19.3 Å². The largest absolute Gasteiger partial charge is 0.462 e. The van der Waals surface area contributed by atoms with Crippen LogP contribution in [0.3, 0.4) is 0 Å². The van der Waals surface area contributed by atoms with Crippen LogP contribution in [0.4, 0.5) is 0 Å². The number of allylic oxidation sites excluding steroid dienone is 24. The van der Waals surface area contributed by atoms with Crippen LogP contribution in [-0.2, 0) is 28.6 Å². The van der Waals surface area contributed by atoms with Gasteiger partial charge in [0.05, 0.1) is 0 Å². The standard InChI is InChI=1S/C67H106O6/c1-4-7-10-13-16-19-22-25-27-29-31-32-33-34-36-37-39-42-45-48-51-54-57-60-66(69)72-63-64(62-71-65(68)59-56-53-50-47-44-41-24-21-18-15-12-9-6-3)73-67(70)61-58-55-52-49-46-43-40-38-35-30-28-26-23-20-17-14-11-8-5-2/h7-12,16-21,25-28,31-32,35,38,41,43-44,46,64H,4-6,13-15,22-24,29-30,33-34,36-37,39-40,42,45,47-63H2,1-3H3/b10-7-,11-8-,12-9-,19-16-,20-17-,21-18-,27-25-,28-26-,32-31-,38-35-,44-41-,46-43-. The van der Waals surface area contributed by atoms with Crippen LogP contribution in [-0.4, -0.2) is 37.2 Å². The topological polar surface area (TPSA) is 78.9 Å². The van der Waals surface area contributed by atoms with Gasteiger partial charge in [0.2, 0.25) is 0 Å². The lowest BCUT2D eigenvalue weighted by Crippen LogP contribution is -2.30. The van der Waals surface area contributed by atoms with Crippen molar-refractivity contribution in [2.24, 2.45) is 0 Å². The Kier molecular flexibility index (Phi) is 56.0. The predicted octanol–water partition coefficient (Wildman–Crippen LogP) is 20.0. The maximum Gasteiger partial charge on any atom is 0.306 e. The van der Waals surface area contributed by atoms with Crippen LogP contribution < -0.4 is 0 Å². The average Bonchev–Trinajstić information content (AvgIpc) is 3.39. The van der Waals surface area contributed by atoms with Crippen molar-refractivity contribution < 1.29 is 28.6 Å². The molecule has 0 fully saturated rings. The number of ether oxygens (including phenoxy) is 3. The first-order chi connectivity index (χ1) is 36.0. The number of hydrogen-bond acceptors (Lipinski definition) is 6. The third kappa shape index (κ3) is 58.1. The number of esters is 3. The molecule has 0 aromatic heterocycles. The molecule has 1 atom stereocenters. The van der Waals surface area contributed by atoms with E-state index in [-0.39, 0.29) is 37.5 Å². The first kappa shape index (κ1) is 68.3. The molecule has 0 bridgehead atoms. The summed E-state index contributed by atoms with van der Waals surface area (Å²) in [7, 11) is 0. The molecule has 410 valence electrons. The van der Waals surface area contributed by atoms with E-state index in [4.69, 9.17) is 14.2 Å². The van der Waals surface area contributed by atoms with Gasteiger partial charge in [0.25, 0.3) is 0 Å². The van der Waals surface area contributed by atoms with Crippen molar-refractivity contribution in [3.05, 3.63) is 146 Å². The van der Waals surface area contributed by atoms with Gasteiger partial charge in [-0.2, -0.15) is 0 Å². The van der Waals surface area contributed by atoms with Gasteiger partial charge >= 0.3 is 17.9 Å². The predicted molar refractivity (Wildman–Crippen MR) is 315 cm³/mol. The highest BCUT2D eigenvalue weighted by molar-refractivity contribution is 5.71. The number of carbonyl (C=O) groups is 3. The van der Waals surface area contributed by atoms with Crippen molar-refractivity contribution >= 4 is 17.9 Å². The van der Waals surface area contributed by atoms with Crippen LogP contribution in [0.5, 0.6) is 0 Å². The van der Waals surface area contributed by atoms with E-state index >= 15 is 0 Å². The van der Waals surface area contributed by atoms with Gasteiger partial charge < -0.3 is 14.2 Å². The van der Waals surface area contributed by atoms with Crippen molar-refractivity contribution in [1.82, 2.24) is 0 Å². The second-order valence-electron chi connectivity index (χ2n) is 18.8. The van der Waals surface area contributed by atoms with Crippen LogP contribution in [0.15, 0.2) is 146 Å². The summed E-state index contributed by atoms with van der Waals surface area (Å²) in [5.74, 6) is -0.981. The third-order valence-electron chi connectivity index (χ3n) is 11.8. The number of carbonyl (C=O) groups excluding carboxylic acids is 3. The minimum atomic E-state index is -0.816. The van der Waals surface area contributed by atoms with Gasteiger partial charge in [-0.25, -0.2) is 0 Å². The second kappa shape index (κ2) is 59.8. The summed E-state index contributed by atoms with van der Waals surface area (Å²) in [4.78, 5) is 38.2. The summed E-state index contributed by atoms with van der Waals surface area (Å²) >= 11 is 0. The van der Waals surface area contributed by atoms with Crippen molar-refractivity contribution in [2.75, 3.05) is 13.2 Å². The monoisotopic (exact) mass is 1010 g/mol. The Labute approximate surface area is 448 Å². The van der Waals surface area contributed by atoms with E-state index in [2.05, 4.69) is 167 Å². The number of unbranched alkanes of at least 4 members (excludes halogenated alkanes) is 16. The summed E-state index contributed by atoms with van der Waals surface area (Å²) in [6.07, 6.45) is 85.6.